The number of rotatable bonds is 4. The summed E-state index contributed by atoms with van der Waals surface area (Å²) in [6, 6.07) is 1.83. The molecule has 2 heterocycles. The lowest BCUT2D eigenvalue weighted by molar-refractivity contribution is 0.373. The molecule has 0 atom stereocenters. The standard InChI is InChI=1S/C10H7F3N2S2/c11-6(9(12)13)2-4-16-10-15-7-5-14-3-1-8(7)17-10/h1,3,5H,2,4H2. The van der Waals surface area contributed by atoms with Crippen molar-refractivity contribution in [3.8, 4) is 0 Å². The van der Waals surface area contributed by atoms with Gasteiger partial charge in [-0.3, -0.25) is 4.98 Å². The van der Waals surface area contributed by atoms with E-state index in [0.717, 1.165) is 14.6 Å². The minimum Gasteiger partial charge on any atom is -0.262 e. The van der Waals surface area contributed by atoms with Crippen LogP contribution < -0.4 is 0 Å². The van der Waals surface area contributed by atoms with Crippen LogP contribution >= 0.6 is 23.1 Å². The molecule has 2 nitrogen and oxygen atoms in total. The highest BCUT2D eigenvalue weighted by Gasteiger charge is 2.07. The molecular formula is C10H7F3N2S2. The molecule has 0 aromatic carbocycles. The maximum absolute atomic E-state index is 12.5. The minimum absolute atomic E-state index is 0.246. The summed E-state index contributed by atoms with van der Waals surface area (Å²) in [5, 5.41) is 0. The van der Waals surface area contributed by atoms with E-state index in [2.05, 4.69) is 9.97 Å². The molecule has 0 saturated heterocycles. The topological polar surface area (TPSA) is 25.8 Å². The molecule has 90 valence electrons. The monoisotopic (exact) mass is 276 g/mol. The average molecular weight is 276 g/mol. The Bertz CT molecular complexity index is 516. The first-order valence-corrected chi connectivity index (χ1v) is 6.50. The van der Waals surface area contributed by atoms with Gasteiger partial charge in [0.2, 0.25) is 0 Å². The SMILES string of the molecule is FC(F)=C(F)CCSc1nc2cnccc2s1. The summed E-state index contributed by atoms with van der Waals surface area (Å²) in [7, 11) is 0. The number of pyridine rings is 1. The second-order valence-electron chi connectivity index (χ2n) is 3.09. The molecule has 0 spiro atoms. The second-order valence-corrected chi connectivity index (χ2v) is 5.46. The lowest BCUT2D eigenvalue weighted by Crippen LogP contribution is -1.82. The summed E-state index contributed by atoms with van der Waals surface area (Å²) in [6.07, 6.45) is 0.786. The Hall–Kier alpha value is -1.08. The molecule has 2 rings (SSSR count). The number of allylic oxidation sites excluding steroid dienone is 1. The van der Waals surface area contributed by atoms with Gasteiger partial charge >= 0.3 is 6.08 Å². The van der Waals surface area contributed by atoms with Crippen LogP contribution in [-0.2, 0) is 0 Å². The van der Waals surface area contributed by atoms with E-state index in [-0.39, 0.29) is 12.2 Å². The molecule has 0 fully saturated rings. The van der Waals surface area contributed by atoms with Gasteiger partial charge in [0.15, 0.2) is 10.2 Å². The number of halogens is 3. The first kappa shape index (κ1) is 12.4. The van der Waals surface area contributed by atoms with E-state index in [1.165, 1.54) is 23.1 Å². The number of hydrogen-bond acceptors (Lipinski definition) is 4. The first-order valence-electron chi connectivity index (χ1n) is 4.70. The number of thioether (sulfide) groups is 1. The van der Waals surface area contributed by atoms with Crippen molar-refractivity contribution in [2.45, 2.75) is 10.8 Å². The summed E-state index contributed by atoms with van der Waals surface area (Å²) in [5.41, 5.74) is 0.771. The van der Waals surface area contributed by atoms with Crippen molar-refractivity contribution in [3.63, 3.8) is 0 Å². The zero-order valence-corrected chi connectivity index (χ0v) is 10.1. The lowest BCUT2D eigenvalue weighted by Gasteiger charge is -1.94. The maximum atomic E-state index is 12.5. The predicted octanol–water partition coefficient (Wildman–Crippen LogP) is 4.25. The average Bonchev–Trinajstić information content (AvgIpc) is 2.71. The molecule has 0 N–H and O–H groups in total. The number of aromatic nitrogens is 2. The Morgan fingerprint density at radius 1 is 1.35 bits per heavy atom. The van der Waals surface area contributed by atoms with E-state index in [4.69, 9.17) is 0 Å². The molecule has 0 amide bonds. The third kappa shape index (κ3) is 3.19. The van der Waals surface area contributed by atoms with Crippen molar-refractivity contribution in [2.24, 2.45) is 0 Å². The quantitative estimate of drug-likeness (QED) is 0.781. The van der Waals surface area contributed by atoms with Gasteiger partial charge in [0.05, 0.1) is 10.9 Å². The zero-order valence-electron chi connectivity index (χ0n) is 8.49. The predicted molar refractivity (Wildman–Crippen MR) is 63.1 cm³/mol. The van der Waals surface area contributed by atoms with Gasteiger partial charge in [0.1, 0.15) is 5.52 Å². The third-order valence-corrected chi connectivity index (χ3v) is 4.10. The van der Waals surface area contributed by atoms with Crippen molar-refractivity contribution in [1.82, 2.24) is 9.97 Å². The fraction of sp³-hybridized carbons (Fsp3) is 0.200. The van der Waals surface area contributed by atoms with E-state index in [9.17, 15) is 13.2 Å². The molecular weight excluding hydrogens is 269 g/mol. The molecule has 0 bridgehead atoms. The first-order chi connectivity index (χ1) is 8.16. The molecule has 0 aliphatic heterocycles. The van der Waals surface area contributed by atoms with Crippen LogP contribution in [0.1, 0.15) is 6.42 Å². The molecule has 2 aromatic rings. The Kier molecular flexibility index (Phi) is 4.01. The van der Waals surface area contributed by atoms with E-state index in [0.29, 0.717) is 0 Å². The van der Waals surface area contributed by atoms with Gasteiger partial charge in [0, 0.05) is 18.4 Å². The van der Waals surface area contributed by atoms with Crippen molar-refractivity contribution in [3.05, 3.63) is 30.4 Å². The van der Waals surface area contributed by atoms with Crippen LogP contribution in [0.25, 0.3) is 10.2 Å². The Morgan fingerprint density at radius 3 is 2.88 bits per heavy atom. The molecule has 0 radical (unpaired) electrons. The molecule has 0 aliphatic rings. The van der Waals surface area contributed by atoms with Crippen LogP contribution in [-0.4, -0.2) is 15.7 Å². The number of thiazole rings is 1. The molecule has 0 saturated carbocycles. The second kappa shape index (κ2) is 5.50. The Labute approximate surface area is 104 Å². The van der Waals surface area contributed by atoms with Crippen LogP contribution in [0.5, 0.6) is 0 Å². The molecule has 2 aromatic heterocycles. The van der Waals surface area contributed by atoms with Gasteiger partial charge in [-0.2, -0.15) is 8.78 Å². The smallest absolute Gasteiger partial charge is 0.262 e. The van der Waals surface area contributed by atoms with Gasteiger partial charge < -0.3 is 0 Å². The van der Waals surface area contributed by atoms with E-state index in [1.54, 1.807) is 12.4 Å². The summed E-state index contributed by atoms with van der Waals surface area (Å²) in [5.74, 6) is -1.10. The van der Waals surface area contributed by atoms with E-state index < -0.39 is 11.9 Å². The zero-order chi connectivity index (χ0) is 12.3. The summed E-state index contributed by atoms with van der Waals surface area (Å²) in [6.45, 7) is 0. The van der Waals surface area contributed by atoms with Crippen molar-refractivity contribution >= 4 is 33.3 Å². The summed E-state index contributed by atoms with van der Waals surface area (Å²) in [4.78, 5) is 8.17. The number of nitrogens with zero attached hydrogens (tertiary/aromatic N) is 2. The largest absolute Gasteiger partial charge is 0.301 e. The third-order valence-electron chi connectivity index (χ3n) is 1.92. The highest BCUT2D eigenvalue weighted by molar-refractivity contribution is 8.01. The van der Waals surface area contributed by atoms with Crippen molar-refractivity contribution in [1.29, 1.82) is 0 Å². The van der Waals surface area contributed by atoms with Gasteiger partial charge in [0.25, 0.3) is 0 Å². The van der Waals surface area contributed by atoms with Crippen molar-refractivity contribution in [2.75, 3.05) is 5.75 Å². The summed E-state index contributed by atoms with van der Waals surface area (Å²) < 4.78 is 37.8. The van der Waals surface area contributed by atoms with Gasteiger partial charge in [-0.15, -0.1) is 11.3 Å². The normalized spacial score (nSPS) is 10.8. The lowest BCUT2D eigenvalue weighted by atomic mass is 10.4. The molecule has 7 heteroatoms. The van der Waals surface area contributed by atoms with Crippen LogP contribution in [0, 0.1) is 0 Å². The number of fused-ring (bicyclic) bond motifs is 1. The molecule has 0 unspecified atom stereocenters. The van der Waals surface area contributed by atoms with Gasteiger partial charge in [-0.1, -0.05) is 11.8 Å². The van der Waals surface area contributed by atoms with E-state index in [1.807, 2.05) is 6.07 Å². The molecule has 17 heavy (non-hydrogen) atoms. The van der Waals surface area contributed by atoms with Gasteiger partial charge in [-0.25, -0.2) is 9.37 Å². The minimum atomic E-state index is -2.24. The van der Waals surface area contributed by atoms with Crippen LogP contribution in [0.3, 0.4) is 0 Å². The summed E-state index contributed by atoms with van der Waals surface area (Å²) >= 11 is 2.71. The maximum Gasteiger partial charge on any atom is 0.301 e. The van der Waals surface area contributed by atoms with E-state index >= 15 is 0 Å². The van der Waals surface area contributed by atoms with Crippen LogP contribution in [0.2, 0.25) is 0 Å². The highest BCUT2D eigenvalue weighted by Crippen LogP contribution is 2.30. The molecule has 0 aliphatic carbocycles. The Balaban J connectivity index is 1.98. The van der Waals surface area contributed by atoms with Crippen LogP contribution in [0.4, 0.5) is 13.2 Å². The van der Waals surface area contributed by atoms with Crippen LogP contribution in [0.15, 0.2) is 34.7 Å². The fourth-order valence-corrected chi connectivity index (χ4v) is 3.18. The van der Waals surface area contributed by atoms with Crippen molar-refractivity contribution < 1.29 is 13.2 Å². The fourth-order valence-electron chi connectivity index (χ4n) is 1.14. The highest BCUT2D eigenvalue weighted by atomic mass is 32.2. The number of hydrogen-bond donors (Lipinski definition) is 0. The van der Waals surface area contributed by atoms with Gasteiger partial charge in [-0.05, 0) is 6.07 Å². The Morgan fingerprint density at radius 2 is 2.18 bits per heavy atom.